The predicted octanol–water partition coefficient (Wildman–Crippen LogP) is 2.59. The maximum Gasteiger partial charge on any atom is 0.395 e. The van der Waals surface area contributed by atoms with Gasteiger partial charge in [0.05, 0.1) is 10.8 Å². The van der Waals surface area contributed by atoms with Crippen molar-refractivity contribution in [2.75, 3.05) is 13.1 Å². The van der Waals surface area contributed by atoms with Gasteiger partial charge in [-0.25, -0.2) is 0 Å². The van der Waals surface area contributed by atoms with E-state index < -0.39 is 18.1 Å². The van der Waals surface area contributed by atoms with E-state index in [4.69, 9.17) is 5.73 Å². The summed E-state index contributed by atoms with van der Waals surface area (Å²) >= 11 is 1.31. The van der Waals surface area contributed by atoms with Crippen molar-refractivity contribution in [2.24, 2.45) is 11.7 Å². The summed E-state index contributed by atoms with van der Waals surface area (Å²) in [7, 11) is 0. The summed E-state index contributed by atoms with van der Waals surface area (Å²) in [5, 5.41) is 1.83. The van der Waals surface area contributed by atoms with Crippen molar-refractivity contribution in [3.63, 3.8) is 0 Å². The second-order valence-electron chi connectivity index (χ2n) is 5.50. The van der Waals surface area contributed by atoms with Crippen molar-refractivity contribution in [1.82, 2.24) is 4.90 Å². The number of amides is 1. The number of alkyl halides is 3. The van der Waals surface area contributed by atoms with Crippen LogP contribution in [-0.4, -0.2) is 36.1 Å². The van der Waals surface area contributed by atoms with Gasteiger partial charge in [-0.15, -0.1) is 11.3 Å². The van der Waals surface area contributed by atoms with Crippen LogP contribution in [-0.2, 0) is 0 Å². The number of likely N-dealkylation sites (tertiary alicyclic amines) is 1. The minimum absolute atomic E-state index is 0.0228. The Hall–Kier alpha value is -1.08. The van der Waals surface area contributed by atoms with Crippen LogP contribution >= 0.6 is 11.3 Å². The fraction of sp³-hybridized carbons (Fsp3) is 0.615. The number of hydrogen-bond donors (Lipinski definition) is 1. The Morgan fingerprint density at radius 1 is 1.35 bits per heavy atom. The molecule has 1 aromatic heterocycles. The van der Waals surface area contributed by atoms with Crippen LogP contribution in [0.25, 0.3) is 0 Å². The molecule has 7 heteroatoms. The third-order valence-corrected chi connectivity index (χ3v) is 4.90. The lowest BCUT2D eigenvalue weighted by molar-refractivity contribution is -0.172. The highest BCUT2D eigenvalue weighted by Crippen LogP contribution is 2.44. The summed E-state index contributed by atoms with van der Waals surface area (Å²) in [5.74, 6) is -1.50. The molecule has 0 spiro atoms. The number of thiophene rings is 1. The molecule has 110 valence electrons. The Morgan fingerprint density at radius 3 is 2.60 bits per heavy atom. The molecule has 2 aliphatic rings. The second-order valence-corrected chi connectivity index (χ2v) is 6.42. The summed E-state index contributed by atoms with van der Waals surface area (Å²) in [6.07, 6.45) is -2.23. The first kappa shape index (κ1) is 13.9. The number of hydrogen-bond acceptors (Lipinski definition) is 3. The zero-order valence-electron chi connectivity index (χ0n) is 10.7. The topological polar surface area (TPSA) is 46.3 Å². The fourth-order valence-corrected chi connectivity index (χ4v) is 3.64. The molecule has 1 aliphatic carbocycles. The lowest BCUT2D eigenvalue weighted by Crippen LogP contribution is -2.38. The van der Waals surface area contributed by atoms with Crippen LogP contribution in [0.5, 0.6) is 0 Å². The molecule has 2 N–H and O–H groups in total. The highest BCUT2D eigenvalue weighted by Gasteiger charge is 2.49. The Morgan fingerprint density at radius 2 is 2.05 bits per heavy atom. The van der Waals surface area contributed by atoms with Crippen LogP contribution < -0.4 is 5.73 Å². The fourth-order valence-electron chi connectivity index (χ4n) is 2.69. The van der Waals surface area contributed by atoms with Crippen LogP contribution in [0, 0.1) is 5.92 Å². The number of rotatable bonds is 2. The standard InChI is InChI=1S/C13H15F3N2OS/c14-13(15,16)9-5-18(6-10(9)17)12(19)11-8(3-4-20-11)7-1-2-7/h3-4,7,9-10H,1-2,5-6,17H2. The normalized spacial score (nSPS) is 27.1. The lowest BCUT2D eigenvalue weighted by Gasteiger charge is -2.18. The number of carbonyl (C=O) groups excluding carboxylic acids is 1. The average Bonchev–Trinajstić information content (AvgIpc) is 2.94. The molecule has 2 heterocycles. The largest absolute Gasteiger partial charge is 0.395 e. The van der Waals surface area contributed by atoms with Crippen LogP contribution in [0.1, 0.15) is 34.0 Å². The molecule has 1 saturated heterocycles. The van der Waals surface area contributed by atoms with E-state index in [0.29, 0.717) is 10.8 Å². The molecule has 3 rings (SSSR count). The van der Waals surface area contributed by atoms with Gasteiger partial charge in [0.1, 0.15) is 0 Å². The molecule has 1 amide bonds. The molecule has 3 nitrogen and oxygen atoms in total. The summed E-state index contributed by atoms with van der Waals surface area (Å²) in [5.41, 5.74) is 6.54. The van der Waals surface area contributed by atoms with Gasteiger partial charge in [-0.05, 0) is 35.8 Å². The molecular weight excluding hydrogens is 289 g/mol. The Kier molecular flexibility index (Phi) is 3.29. The van der Waals surface area contributed by atoms with Gasteiger partial charge in [0.2, 0.25) is 0 Å². The molecule has 0 bridgehead atoms. The van der Waals surface area contributed by atoms with E-state index in [1.54, 1.807) is 0 Å². The summed E-state index contributed by atoms with van der Waals surface area (Å²) < 4.78 is 38.4. The summed E-state index contributed by atoms with van der Waals surface area (Å²) in [4.78, 5) is 14.2. The molecule has 20 heavy (non-hydrogen) atoms. The third kappa shape index (κ3) is 2.44. The highest BCUT2D eigenvalue weighted by atomic mass is 32.1. The van der Waals surface area contributed by atoms with Crippen LogP contribution in [0.2, 0.25) is 0 Å². The number of halogens is 3. The average molecular weight is 304 g/mol. The van der Waals surface area contributed by atoms with Gasteiger partial charge in [-0.1, -0.05) is 0 Å². The van der Waals surface area contributed by atoms with E-state index in [0.717, 1.165) is 18.4 Å². The maximum atomic E-state index is 12.8. The Balaban J connectivity index is 1.77. The van der Waals surface area contributed by atoms with Gasteiger partial charge in [0.15, 0.2) is 0 Å². The minimum Gasteiger partial charge on any atom is -0.336 e. The van der Waals surface area contributed by atoms with Gasteiger partial charge >= 0.3 is 6.18 Å². The van der Waals surface area contributed by atoms with E-state index in [1.165, 1.54) is 16.2 Å². The van der Waals surface area contributed by atoms with Gasteiger partial charge in [0.25, 0.3) is 5.91 Å². The van der Waals surface area contributed by atoms with E-state index in [-0.39, 0.29) is 19.0 Å². The predicted molar refractivity (Wildman–Crippen MR) is 69.7 cm³/mol. The van der Waals surface area contributed by atoms with E-state index in [2.05, 4.69) is 0 Å². The molecule has 2 unspecified atom stereocenters. The SMILES string of the molecule is NC1CN(C(=O)c2sccc2C2CC2)CC1C(F)(F)F. The molecule has 1 aromatic rings. The molecule has 0 radical (unpaired) electrons. The molecule has 1 saturated carbocycles. The van der Waals surface area contributed by atoms with Crippen molar-refractivity contribution in [1.29, 1.82) is 0 Å². The van der Waals surface area contributed by atoms with Gasteiger partial charge in [-0.2, -0.15) is 13.2 Å². The zero-order chi connectivity index (χ0) is 14.5. The second kappa shape index (κ2) is 4.73. The van der Waals surface area contributed by atoms with E-state index in [1.807, 2.05) is 11.4 Å². The monoisotopic (exact) mass is 304 g/mol. The van der Waals surface area contributed by atoms with Gasteiger partial charge < -0.3 is 10.6 Å². The molecule has 2 atom stereocenters. The number of nitrogens with two attached hydrogens (primary N) is 1. The Bertz CT molecular complexity index is 524. The summed E-state index contributed by atoms with van der Waals surface area (Å²) in [6.45, 7) is -0.351. The molecule has 0 aromatic carbocycles. The highest BCUT2D eigenvalue weighted by molar-refractivity contribution is 7.12. The van der Waals surface area contributed by atoms with E-state index >= 15 is 0 Å². The minimum atomic E-state index is -4.34. The quantitative estimate of drug-likeness (QED) is 0.913. The van der Waals surface area contributed by atoms with Crippen LogP contribution in [0.3, 0.4) is 0 Å². The van der Waals surface area contributed by atoms with Crippen molar-refractivity contribution in [3.8, 4) is 0 Å². The van der Waals surface area contributed by atoms with Crippen LogP contribution in [0.15, 0.2) is 11.4 Å². The molecular formula is C13H15F3N2OS. The van der Waals surface area contributed by atoms with Crippen molar-refractivity contribution in [2.45, 2.75) is 31.0 Å². The van der Waals surface area contributed by atoms with Gasteiger partial charge in [0, 0.05) is 19.1 Å². The van der Waals surface area contributed by atoms with Crippen molar-refractivity contribution in [3.05, 3.63) is 21.9 Å². The first-order chi connectivity index (χ1) is 9.38. The van der Waals surface area contributed by atoms with Crippen molar-refractivity contribution < 1.29 is 18.0 Å². The van der Waals surface area contributed by atoms with Gasteiger partial charge in [-0.3, -0.25) is 4.79 Å². The lowest BCUT2D eigenvalue weighted by atomic mass is 10.0. The van der Waals surface area contributed by atoms with Crippen molar-refractivity contribution >= 4 is 17.2 Å². The molecule has 1 aliphatic heterocycles. The summed E-state index contributed by atoms with van der Waals surface area (Å²) in [6, 6.07) is 0.885. The maximum absolute atomic E-state index is 12.8. The van der Waals surface area contributed by atoms with Crippen LogP contribution in [0.4, 0.5) is 13.2 Å². The number of nitrogens with zero attached hydrogens (tertiary/aromatic N) is 1. The Labute approximate surface area is 118 Å². The zero-order valence-corrected chi connectivity index (χ0v) is 11.5. The van der Waals surface area contributed by atoms with E-state index in [9.17, 15) is 18.0 Å². The molecule has 2 fully saturated rings. The number of carbonyl (C=O) groups is 1. The third-order valence-electron chi connectivity index (χ3n) is 3.98. The first-order valence-electron chi connectivity index (χ1n) is 6.57. The smallest absolute Gasteiger partial charge is 0.336 e. The first-order valence-corrected chi connectivity index (χ1v) is 7.45.